The summed E-state index contributed by atoms with van der Waals surface area (Å²) in [6.07, 6.45) is 9.42. The molecule has 0 bridgehead atoms. The van der Waals surface area contributed by atoms with Crippen LogP contribution in [0.1, 0.15) is 64.5 Å². The van der Waals surface area contributed by atoms with Crippen molar-refractivity contribution in [2.75, 3.05) is 36.0 Å². The van der Waals surface area contributed by atoms with Crippen LogP contribution in [-0.2, 0) is 0 Å². The Kier molecular flexibility index (Phi) is 9.68. The van der Waals surface area contributed by atoms with E-state index in [4.69, 9.17) is 0 Å². The van der Waals surface area contributed by atoms with E-state index in [9.17, 15) is 0 Å². The molecular formula is C26H38N2. The Morgan fingerprint density at radius 2 is 0.964 bits per heavy atom. The maximum absolute atomic E-state index is 2.53. The number of anilines is 2. The average molecular weight is 379 g/mol. The van der Waals surface area contributed by atoms with Gasteiger partial charge >= 0.3 is 0 Å². The topological polar surface area (TPSA) is 6.48 Å². The molecule has 2 aromatic rings. The zero-order valence-electron chi connectivity index (χ0n) is 18.3. The number of hydrogen-bond donors (Lipinski definition) is 0. The highest BCUT2D eigenvalue weighted by atomic mass is 15.1. The lowest BCUT2D eigenvalue weighted by Crippen LogP contribution is -2.25. The maximum atomic E-state index is 2.53. The normalized spacial score (nSPS) is 11.1. The molecule has 0 aliphatic rings. The van der Waals surface area contributed by atoms with Gasteiger partial charge in [0.25, 0.3) is 0 Å². The van der Waals surface area contributed by atoms with Gasteiger partial charge in [-0.25, -0.2) is 0 Å². The molecule has 0 unspecified atom stereocenters. The van der Waals surface area contributed by atoms with Gasteiger partial charge in [-0.2, -0.15) is 0 Å². The van der Waals surface area contributed by atoms with Crippen molar-refractivity contribution in [3.8, 4) is 0 Å². The first kappa shape index (κ1) is 22.1. The van der Waals surface area contributed by atoms with E-state index in [1.807, 2.05) is 0 Å². The van der Waals surface area contributed by atoms with Crippen LogP contribution in [0.4, 0.5) is 11.4 Å². The van der Waals surface area contributed by atoms with E-state index in [-0.39, 0.29) is 0 Å². The molecule has 152 valence electrons. The SMILES string of the molecule is CCCCN(CCCC)c1ccc(C=Cc2ccc(N(CC)CC)cc2)cc1. The van der Waals surface area contributed by atoms with Crippen LogP contribution in [0.5, 0.6) is 0 Å². The summed E-state index contributed by atoms with van der Waals surface area (Å²) < 4.78 is 0. The highest BCUT2D eigenvalue weighted by Gasteiger charge is 2.05. The highest BCUT2D eigenvalue weighted by Crippen LogP contribution is 2.20. The minimum Gasteiger partial charge on any atom is -0.372 e. The second kappa shape index (κ2) is 12.3. The van der Waals surface area contributed by atoms with Crippen molar-refractivity contribution in [1.82, 2.24) is 0 Å². The molecule has 0 fully saturated rings. The molecular weight excluding hydrogens is 340 g/mol. The first-order chi connectivity index (χ1) is 13.7. The second-order valence-electron chi connectivity index (χ2n) is 7.38. The van der Waals surface area contributed by atoms with Gasteiger partial charge in [0.1, 0.15) is 0 Å². The van der Waals surface area contributed by atoms with Crippen LogP contribution in [-0.4, -0.2) is 26.2 Å². The molecule has 0 aliphatic carbocycles. The van der Waals surface area contributed by atoms with Crippen molar-refractivity contribution < 1.29 is 0 Å². The third-order valence-electron chi connectivity index (χ3n) is 5.31. The summed E-state index contributed by atoms with van der Waals surface area (Å²) >= 11 is 0. The molecule has 2 aromatic carbocycles. The first-order valence-corrected chi connectivity index (χ1v) is 11.1. The number of rotatable bonds is 12. The van der Waals surface area contributed by atoms with E-state index < -0.39 is 0 Å². The molecule has 2 heteroatoms. The third-order valence-corrected chi connectivity index (χ3v) is 5.31. The largest absolute Gasteiger partial charge is 0.372 e. The van der Waals surface area contributed by atoms with Crippen LogP contribution < -0.4 is 9.80 Å². The van der Waals surface area contributed by atoms with Gasteiger partial charge in [0.15, 0.2) is 0 Å². The van der Waals surface area contributed by atoms with Crippen molar-refractivity contribution >= 4 is 23.5 Å². The van der Waals surface area contributed by atoms with Gasteiger partial charge in [-0.15, -0.1) is 0 Å². The molecule has 0 aromatic heterocycles. The number of nitrogens with zero attached hydrogens (tertiary/aromatic N) is 2. The Labute approximate surface area is 172 Å². The molecule has 2 rings (SSSR count). The summed E-state index contributed by atoms with van der Waals surface area (Å²) in [5.74, 6) is 0. The second-order valence-corrected chi connectivity index (χ2v) is 7.38. The van der Waals surface area contributed by atoms with Crippen molar-refractivity contribution in [2.24, 2.45) is 0 Å². The van der Waals surface area contributed by atoms with Crippen molar-refractivity contribution in [1.29, 1.82) is 0 Å². The van der Waals surface area contributed by atoms with Crippen molar-refractivity contribution in [3.05, 3.63) is 59.7 Å². The Morgan fingerprint density at radius 3 is 1.32 bits per heavy atom. The molecule has 28 heavy (non-hydrogen) atoms. The zero-order valence-corrected chi connectivity index (χ0v) is 18.3. The van der Waals surface area contributed by atoms with E-state index in [1.165, 1.54) is 48.2 Å². The van der Waals surface area contributed by atoms with Gasteiger partial charge in [-0.3, -0.25) is 0 Å². The molecule has 0 atom stereocenters. The lowest BCUT2D eigenvalue weighted by Gasteiger charge is -2.24. The van der Waals surface area contributed by atoms with Crippen LogP contribution in [0.2, 0.25) is 0 Å². The molecule has 0 amide bonds. The number of hydrogen-bond acceptors (Lipinski definition) is 2. The highest BCUT2D eigenvalue weighted by molar-refractivity contribution is 5.71. The molecule has 0 aliphatic heterocycles. The minimum absolute atomic E-state index is 1.05. The molecule has 0 heterocycles. The fourth-order valence-electron chi connectivity index (χ4n) is 3.44. The van der Waals surface area contributed by atoms with E-state index in [0.717, 1.165) is 26.2 Å². The Morgan fingerprint density at radius 1 is 0.571 bits per heavy atom. The van der Waals surface area contributed by atoms with Gasteiger partial charge in [0.2, 0.25) is 0 Å². The summed E-state index contributed by atoms with van der Waals surface area (Å²) in [6.45, 7) is 13.3. The van der Waals surface area contributed by atoms with Gasteiger partial charge in [-0.1, -0.05) is 63.1 Å². The third kappa shape index (κ3) is 6.74. The molecule has 0 spiro atoms. The smallest absolute Gasteiger partial charge is 0.0366 e. The summed E-state index contributed by atoms with van der Waals surface area (Å²) in [6, 6.07) is 17.9. The standard InChI is InChI=1S/C26H38N2/c1-5-9-21-28(22-10-6-2)26-19-15-24(16-20-26)12-11-23-13-17-25(18-14-23)27(7-3)8-4/h11-20H,5-10,21-22H2,1-4H3. The Hall–Kier alpha value is -2.22. The van der Waals surface area contributed by atoms with Crippen LogP contribution >= 0.6 is 0 Å². The van der Waals surface area contributed by atoms with Crippen LogP contribution in [0.15, 0.2) is 48.5 Å². The lowest BCUT2D eigenvalue weighted by atomic mass is 10.1. The summed E-state index contributed by atoms with van der Waals surface area (Å²) in [5, 5.41) is 0. The Bertz CT molecular complexity index is 673. The van der Waals surface area contributed by atoms with E-state index in [1.54, 1.807) is 0 Å². The zero-order chi connectivity index (χ0) is 20.2. The number of unbranched alkanes of at least 4 members (excludes halogenated alkanes) is 2. The van der Waals surface area contributed by atoms with Gasteiger partial charge in [0, 0.05) is 37.6 Å². The minimum atomic E-state index is 1.05. The predicted molar refractivity (Wildman–Crippen MR) is 127 cm³/mol. The number of benzene rings is 2. The van der Waals surface area contributed by atoms with Gasteiger partial charge in [0.05, 0.1) is 0 Å². The average Bonchev–Trinajstić information content (AvgIpc) is 2.75. The van der Waals surface area contributed by atoms with E-state index >= 15 is 0 Å². The summed E-state index contributed by atoms with van der Waals surface area (Å²) in [4.78, 5) is 4.90. The monoisotopic (exact) mass is 378 g/mol. The lowest BCUT2D eigenvalue weighted by molar-refractivity contribution is 0.678. The van der Waals surface area contributed by atoms with E-state index in [2.05, 4.69) is 98.2 Å². The maximum Gasteiger partial charge on any atom is 0.0366 e. The quantitative estimate of drug-likeness (QED) is 0.363. The van der Waals surface area contributed by atoms with Crippen LogP contribution in [0, 0.1) is 0 Å². The molecule has 0 saturated carbocycles. The molecule has 0 N–H and O–H groups in total. The first-order valence-electron chi connectivity index (χ1n) is 11.1. The fourth-order valence-corrected chi connectivity index (χ4v) is 3.44. The molecule has 2 nitrogen and oxygen atoms in total. The van der Waals surface area contributed by atoms with Gasteiger partial charge < -0.3 is 9.80 Å². The van der Waals surface area contributed by atoms with Gasteiger partial charge in [-0.05, 0) is 62.1 Å². The van der Waals surface area contributed by atoms with E-state index in [0.29, 0.717) is 0 Å². The molecule has 0 radical (unpaired) electrons. The fraction of sp³-hybridized carbons (Fsp3) is 0.462. The van der Waals surface area contributed by atoms with Crippen LogP contribution in [0.3, 0.4) is 0 Å². The molecule has 0 saturated heterocycles. The summed E-state index contributed by atoms with van der Waals surface area (Å²) in [5.41, 5.74) is 5.14. The van der Waals surface area contributed by atoms with Crippen LogP contribution in [0.25, 0.3) is 12.2 Å². The predicted octanol–water partition coefficient (Wildman–Crippen LogP) is 7.11. The van der Waals surface area contributed by atoms with Crippen molar-refractivity contribution in [2.45, 2.75) is 53.4 Å². The summed E-state index contributed by atoms with van der Waals surface area (Å²) in [7, 11) is 0. The van der Waals surface area contributed by atoms with Crippen molar-refractivity contribution in [3.63, 3.8) is 0 Å². The Balaban J connectivity index is 2.02.